The average Bonchev–Trinajstić information content (AvgIpc) is 3.22. The molecule has 10 nitrogen and oxygen atoms in total. The lowest BCUT2D eigenvalue weighted by molar-refractivity contribution is -0.137. The first-order valence-electron chi connectivity index (χ1n) is 11.7. The van der Waals surface area contributed by atoms with E-state index in [0.29, 0.717) is 33.6 Å². The van der Waals surface area contributed by atoms with Crippen molar-refractivity contribution < 1.29 is 14.4 Å². The van der Waals surface area contributed by atoms with Crippen LogP contribution in [0.4, 0.5) is 5.82 Å². The van der Waals surface area contributed by atoms with Gasteiger partial charge in [-0.25, -0.2) is 15.0 Å². The van der Waals surface area contributed by atoms with Crippen molar-refractivity contribution in [3.8, 4) is 11.1 Å². The molecule has 190 valence electrons. The van der Waals surface area contributed by atoms with Crippen molar-refractivity contribution in [3.05, 3.63) is 64.9 Å². The molecule has 1 aromatic carbocycles. The zero-order valence-corrected chi connectivity index (χ0v) is 22.5. The number of ketones is 1. The van der Waals surface area contributed by atoms with Gasteiger partial charge in [0, 0.05) is 37.3 Å². The predicted octanol–water partition coefficient (Wildman–Crippen LogP) is 4.04. The van der Waals surface area contributed by atoms with Gasteiger partial charge in [0.05, 0.1) is 5.52 Å². The predicted molar refractivity (Wildman–Crippen MR) is 143 cm³/mol. The van der Waals surface area contributed by atoms with E-state index in [1.165, 1.54) is 16.5 Å². The van der Waals surface area contributed by atoms with Crippen molar-refractivity contribution in [2.24, 2.45) is 0 Å². The topological polar surface area (TPSA) is 123 Å². The van der Waals surface area contributed by atoms with Crippen LogP contribution >= 0.6 is 15.9 Å². The number of pyridine rings is 1. The van der Waals surface area contributed by atoms with Gasteiger partial charge < -0.3 is 10.2 Å². The van der Waals surface area contributed by atoms with Crippen LogP contribution in [-0.2, 0) is 16.1 Å². The number of nitrogens with zero attached hydrogens (tertiary/aromatic N) is 6. The molecule has 0 saturated heterocycles. The lowest BCUT2D eigenvalue weighted by Gasteiger charge is -2.26. The van der Waals surface area contributed by atoms with Crippen molar-refractivity contribution in [2.45, 2.75) is 39.8 Å². The molecule has 0 radical (unpaired) electrons. The van der Waals surface area contributed by atoms with Gasteiger partial charge in [0.2, 0.25) is 11.8 Å². The average molecular weight is 564 g/mol. The summed E-state index contributed by atoms with van der Waals surface area (Å²) in [6.07, 6.45) is 3.85. The summed E-state index contributed by atoms with van der Waals surface area (Å²) in [4.78, 5) is 52.6. The first-order chi connectivity index (χ1) is 17.7. The van der Waals surface area contributed by atoms with E-state index in [0.717, 1.165) is 11.1 Å². The van der Waals surface area contributed by atoms with Crippen LogP contribution in [0.25, 0.3) is 22.0 Å². The summed E-state index contributed by atoms with van der Waals surface area (Å²) in [7, 11) is 1.58. The number of likely N-dealkylation sites (N-methyl/N-ethyl adjacent to an activating group) is 1. The Bertz CT molecular complexity index is 1480. The zero-order chi connectivity index (χ0) is 26.7. The molecule has 0 aliphatic carbocycles. The van der Waals surface area contributed by atoms with E-state index in [9.17, 15) is 14.4 Å². The highest BCUT2D eigenvalue weighted by atomic mass is 79.9. The molecule has 0 aliphatic rings. The minimum absolute atomic E-state index is 0.133. The van der Waals surface area contributed by atoms with E-state index in [4.69, 9.17) is 0 Å². The number of aromatic nitrogens is 5. The van der Waals surface area contributed by atoms with Gasteiger partial charge in [-0.2, -0.15) is 5.10 Å². The number of benzene rings is 1. The summed E-state index contributed by atoms with van der Waals surface area (Å²) in [5.41, 5.74) is 2.55. The number of hydrogen-bond donors (Lipinski definition) is 1. The quantitative estimate of drug-likeness (QED) is 0.253. The molecule has 0 aliphatic heterocycles. The Labute approximate surface area is 222 Å². The molecule has 1 atom stereocenters. The number of carbonyl (C=O) groups excluding carboxylic acids is 3. The fourth-order valence-electron chi connectivity index (χ4n) is 4.02. The van der Waals surface area contributed by atoms with Gasteiger partial charge in [-0.1, -0.05) is 19.1 Å². The molecule has 11 heteroatoms. The highest BCUT2D eigenvalue weighted by Crippen LogP contribution is 2.27. The van der Waals surface area contributed by atoms with E-state index in [-0.39, 0.29) is 29.8 Å². The van der Waals surface area contributed by atoms with Crippen LogP contribution < -0.4 is 5.32 Å². The Morgan fingerprint density at radius 3 is 2.49 bits per heavy atom. The van der Waals surface area contributed by atoms with Crippen LogP contribution in [0.3, 0.4) is 0 Å². The number of aryl methyl sites for hydroxylation is 1. The molecule has 37 heavy (non-hydrogen) atoms. The third-order valence-corrected chi connectivity index (χ3v) is 6.44. The van der Waals surface area contributed by atoms with Crippen LogP contribution in [0.2, 0.25) is 0 Å². The summed E-state index contributed by atoms with van der Waals surface area (Å²) in [6.45, 7) is 4.94. The number of Topliss-reactive ketones (excluding diaryl/α,β-unsaturated/α-hetero) is 1. The van der Waals surface area contributed by atoms with Gasteiger partial charge in [-0.15, -0.1) is 0 Å². The SMILES string of the molecule is CC[C@H](C(=O)Nc1cccc(Br)n1)N(C)C(=O)Cn1nc(C(C)=O)c2cc(-c3cnc(C)nc3)ccc21. The molecule has 0 spiro atoms. The third kappa shape index (κ3) is 5.72. The first kappa shape index (κ1) is 26.1. The number of carbonyl (C=O) groups is 3. The third-order valence-electron chi connectivity index (χ3n) is 6.00. The Kier molecular flexibility index (Phi) is 7.72. The van der Waals surface area contributed by atoms with Crippen molar-refractivity contribution in [3.63, 3.8) is 0 Å². The van der Waals surface area contributed by atoms with Crippen molar-refractivity contribution in [2.75, 3.05) is 12.4 Å². The van der Waals surface area contributed by atoms with Gasteiger partial charge in [0.25, 0.3) is 0 Å². The Morgan fingerprint density at radius 1 is 1.11 bits per heavy atom. The summed E-state index contributed by atoms with van der Waals surface area (Å²) < 4.78 is 2.09. The maximum absolute atomic E-state index is 13.2. The fraction of sp³-hybridized carbons (Fsp3) is 0.269. The smallest absolute Gasteiger partial charge is 0.248 e. The maximum atomic E-state index is 13.2. The van der Waals surface area contributed by atoms with Gasteiger partial charge in [0.1, 0.15) is 34.5 Å². The van der Waals surface area contributed by atoms with Gasteiger partial charge in [-0.05, 0) is 59.1 Å². The highest BCUT2D eigenvalue weighted by Gasteiger charge is 2.27. The second-order valence-corrected chi connectivity index (χ2v) is 9.39. The zero-order valence-electron chi connectivity index (χ0n) is 20.9. The lowest BCUT2D eigenvalue weighted by Crippen LogP contribution is -2.46. The number of anilines is 1. The van der Waals surface area contributed by atoms with E-state index < -0.39 is 6.04 Å². The van der Waals surface area contributed by atoms with Gasteiger partial charge in [0.15, 0.2) is 5.78 Å². The van der Waals surface area contributed by atoms with Crippen molar-refractivity contribution in [1.29, 1.82) is 0 Å². The summed E-state index contributed by atoms with van der Waals surface area (Å²) >= 11 is 3.28. The number of fused-ring (bicyclic) bond motifs is 1. The number of nitrogens with one attached hydrogen (secondary N) is 1. The molecule has 1 N–H and O–H groups in total. The normalized spacial score (nSPS) is 11.8. The first-order valence-corrected chi connectivity index (χ1v) is 12.5. The standard InChI is InChI=1S/C26H26BrN7O3/c1-5-20(26(37)31-23-8-6-7-22(27)30-23)33(4)24(36)14-34-21-10-9-17(18-12-28-16(3)29-13-18)11-19(21)25(32-34)15(2)35/h6-13,20H,5,14H2,1-4H3,(H,30,31,37)/t20-/m1/s1. The second-order valence-electron chi connectivity index (χ2n) is 8.58. The molecule has 4 rings (SSSR count). The summed E-state index contributed by atoms with van der Waals surface area (Å²) in [6, 6.07) is 10.0. The second kappa shape index (κ2) is 11.0. The Hall–Kier alpha value is -3.99. The minimum Gasteiger partial charge on any atom is -0.332 e. The molecular weight excluding hydrogens is 538 g/mol. The largest absolute Gasteiger partial charge is 0.332 e. The summed E-state index contributed by atoms with van der Waals surface area (Å²) in [5.74, 6) is 0.173. The molecule has 0 unspecified atom stereocenters. The van der Waals surface area contributed by atoms with E-state index in [1.54, 1.807) is 37.6 Å². The number of amides is 2. The number of halogens is 1. The summed E-state index contributed by atoms with van der Waals surface area (Å²) in [5, 5.41) is 7.83. The van der Waals surface area contributed by atoms with E-state index >= 15 is 0 Å². The van der Waals surface area contributed by atoms with Crippen LogP contribution in [0.15, 0.2) is 53.4 Å². The van der Waals surface area contributed by atoms with Crippen molar-refractivity contribution in [1.82, 2.24) is 29.6 Å². The molecule has 0 saturated carbocycles. The van der Waals surface area contributed by atoms with Crippen LogP contribution in [0, 0.1) is 6.92 Å². The maximum Gasteiger partial charge on any atom is 0.248 e. The molecule has 3 aromatic heterocycles. The van der Waals surface area contributed by atoms with Crippen LogP contribution in [-0.4, -0.2) is 60.3 Å². The Balaban J connectivity index is 1.58. The Morgan fingerprint density at radius 2 is 1.84 bits per heavy atom. The van der Waals surface area contributed by atoms with Gasteiger partial charge in [-0.3, -0.25) is 19.1 Å². The van der Waals surface area contributed by atoms with E-state index in [1.807, 2.05) is 32.0 Å². The van der Waals surface area contributed by atoms with Gasteiger partial charge >= 0.3 is 0 Å². The number of hydrogen-bond acceptors (Lipinski definition) is 7. The molecular formula is C26H26BrN7O3. The minimum atomic E-state index is -0.712. The monoisotopic (exact) mass is 563 g/mol. The highest BCUT2D eigenvalue weighted by molar-refractivity contribution is 9.10. The molecule has 0 fully saturated rings. The number of rotatable bonds is 8. The van der Waals surface area contributed by atoms with E-state index in [2.05, 4.69) is 41.3 Å². The molecule has 2 amide bonds. The van der Waals surface area contributed by atoms with Crippen LogP contribution in [0.1, 0.15) is 36.6 Å². The van der Waals surface area contributed by atoms with Crippen molar-refractivity contribution >= 4 is 50.2 Å². The lowest BCUT2D eigenvalue weighted by atomic mass is 10.0. The molecule has 0 bridgehead atoms. The molecule has 4 aromatic rings. The van der Waals surface area contributed by atoms with Crippen LogP contribution in [0.5, 0.6) is 0 Å². The molecule has 3 heterocycles. The fourth-order valence-corrected chi connectivity index (χ4v) is 4.36.